The lowest BCUT2D eigenvalue weighted by molar-refractivity contribution is -0.385. The second kappa shape index (κ2) is 4.59. The highest BCUT2D eigenvalue weighted by molar-refractivity contribution is 5.55. The van der Waals surface area contributed by atoms with Crippen LogP contribution in [0.4, 0.5) is 11.4 Å². The summed E-state index contributed by atoms with van der Waals surface area (Å²) in [5, 5.41) is 13.8. The molecule has 0 radical (unpaired) electrons. The van der Waals surface area contributed by atoms with Gasteiger partial charge in [0.2, 0.25) is 0 Å². The summed E-state index contributed by atoms with van der Waals surface area (Å²) in [5.41, 5.74) is 1.53. The summed E-state index contributed by atoms with van der Waals surface area (Å²) in [4.78, 5) is 10.3. The molecule has 0 spiro atoms. The number of nitro benzene ring substituents is 1. The Morgan fingerprint density at radius 3 is 2.80 bits per heavy atom. The van der Waals surface area contributed by atoms with Crippen molar-refractivity contribution in [2.24, 2.45) is 0 Å². The predicted octanol–water partition coefficient (Wildman–Crippen LogP) is 2.89. The fraction of sp³-hybridized carbons (Fsp3) is 0.273. The molecule has 0 amide bonds. The zero-order valence-corrected chi connectivity index (χ0v) is 8.86. The van der Waals surface area contributed by atoms with Gasteiger partial charge in [-0.3, -0.25) is 10.1 Å². The zero-order chi connectivity index (χ0) is 11.4. The van der Waals surface area contributed by atoms with E-state index in [0.717, 1.165) is 5.69 Å². The molecule has 15 heavy (non-hydrogen) atoms. The number of nitrogens with zero attached hydrogens (tertiary/aromatic N) is 1. The average Bonchev–Trinajstić information content (AvgIpc) is 2.20. The Labute approximate surface area is 88.8 Å². The van der Waals surface area contributed by atoms with Gasteiger partial charge in [-0.2, -0.15) is 0 Å². The fourth-order valence-corrected chi connectivity index (χ4v) is 1.22. The highest BCUT2D eigenvalue weighted by Gasteiger charge is 2.11. The third-order valence-electron chi connectivity index (χ3n) is 2.15. The molecule has 1 aromatic rings. The molecule has 1 unspecified atom stereocenters. The first-order chi connectivity index (χ1) is 7.04. The number of nitrogens with one attached hydrogen (secondary N) is 1. The molecule has 0 fully saturated rings. The molecule has 0 saturated heterocycles. The van der Waals surface area contributed by atoms with Crippen molar-refractivity contribution in [3.63, 3.8) is 0 Å². The Bertz CT molecular complexity index is 388. The largest absolute Gasteiger partial charge is 0.379 e. The maximum atomic E-state index is 10.7. The van der Waals surface area contributed by atoms with E-state index in [-0.39, 0.29) is 16.7 Å². The van der Waals surface area contributed by atoms with Crippen molar-refractivity contribution < 1.29 is 4.92 Å². The first kappa shape index (κ1) is 11.2. The molecule has 4 nitrogen and oxygen atoms in total. The first-order valence-corrected chi connectivity index (χ1v) is 4.68. The average molecular weight is 206 g/mol. The lowest BCUT2D eigenvalue weighted by Gasteiger charge is -2.10. The minimum absolute atomic E-state index is 0.0901. The lowest BCUT2D eigenvalue weighted by Crippen LogP contribution is -2.11. The van der Waals surface area contributed by atoms with Crippen LogP contribution in [0.1, 0.15) is 12.5 Å². The minimum atomic E-state index is -0.376. The van der Waals surface area contributed by atoms with Gasteiger partial charge in [-0.25, -0.2) is 0 Å². The van der Waals surface area contributed by atoms with E-state index in [1.54, 1.807) is 19.1 Å². The van der Waals surface area contributed by atoms with Crippen molar-refractivity contribution in [1.29, 1.82) is 0 Å². The van der Waals surface area contributed by atoms with Gasteiger partial charge in [0.25, 0.3) is 5.69 Å². The number of hydrogen-bond donors (Lipinski definition) is 1. The van der Waals surface area contributed by atoms with E-state index < -0.39 is 0 Å². The number of benzene rings is 1. The van der Waals surface area contributed by atoms with Crippen LogP contribution >= 0.6 is 0 Å². The third-order valence-corrected chi connectivity index (χ3v) is 2.15. The van der Waals surface area contributed by atoms with Gasteiger partial charge in [0, 0.05) is 23.4 Å². The molecule has 0 bridgehead atoms. The summed E-state index contributed by atoms with van der Waals surface area (Å²) >= 11 is 0. The van der Waals surface area contributed by atoms with E-state index >= 15 is 0 Å². The summed E-state index contributed by atoms with van der Waals surface area (Å²) in [7, 11) is 0. The summed E-state index contributed by atoms with van der Waals surface area (Å²) < 4.78 is 0. The van der Waals surface area contributed by atoms with E-state index in [1.807, 2.05) is 13.0 Å². The predicted molar refractivity (Wildman–Crippen MR) is 61.1 cm³/mol. The van der Waals surface area contributed by atoms with Crippen molar-refractivity contribution in [1.82, 2.24) is 0 Å². The van der Waals surface area contributed by atoms with Crippen LogP contribution in [0.2, 0.25) is 0 Å². The van der Waals surface area contributed by atoms with Crippen molar-refractivity contribution in [3.05, 3.63) is 46.5 Å². The monoisotopic (exact) mass is 206 g/mol. The normalized spacial score (nSPS) is 11.9. The van der Waals surface area contributed by atoms with Crippen LogP contribution in [0, 0.1) is 17.0 Å². The molecule has 0 aliphatic carbocycles. The molecule has 0 aromatic heterocycles. The maximum absolute atomic E-state index is 10.7. The van der Waals surface area contributed by atoms with Crippen LogP contribution in [0.5, 0.6) is 0 Å². The molecular formula is C11H14N2O2. The molecule has 80 valence electrons. The van der Waals surface area contributed by atoms with Gasteiger partial charge in [0.1, 0.15) is 0 Å². The molecule has 0 aliphatic rings. The third kappa shape index (κ3) is 2.80. The summed E-state index contributed by atoms with van der Waals surface area (Å²) in [6.45, 7) is 7.29. The lowest BCUT2D eigenvalue weighted by atomic mass is 10.1. The summed E-state index contributed by atoms with van der Waals surface area (Å²) in [5.74, 6) is 0. The van der Waals surface area contributed by atoms with E-state index in [9.17, 15) is 10.1 Å². The van der Waals surface area contributed by atoms with Gasteiger partial charge in [0.05, 0.1) is 4.92 Å². The van der Waals surface area contributed by atoms with Crippen LogP contribution in [0.3, 0.4) is 0 Å². The molecule has 1 atom stereocenters. The Balaban J connectivity index is 2.97. The summed E-state index contributed by atoms with van der Waals surface area (Å²) in [6.07, 6.45) is 1.74. The van der Waals surface area contributed by atoms with Gasteiger partial charge in [-0.05, 0) is 19.9 Å². The van der Waals surface area contributed by atoms with Gasteiger partial charge < -0.3 is 5.32 Å². The maximum Gasteiger partial charge on any atom is 0.274 e. The SMILES string of the molecule is C=CC(C)Nc1ccc(C)c([N+](=O)[O-])c1. The number of anilines is 1. The number of aryl methyl sites for hydroxylation is 1. The second-order valence-corrected chi connectivity index (χ2v) is 3.43. The first-order valence-electron chi connectivity index (χ1n) is 4.68. The molecule has 0 aliphatic heterocycles. The smallest absolute Gasteiger partial charge is 0.274 e. The summed E-state index contributed by atoms with van der Waals surface area (Å²) in [6, 6.07) is 5.18. The highest BCUT2D eigenvalue weighted by atomic mass is 16.6. The van der Waals surface area contributed by atoms with Crippen LogP contribution in [0.15, 0.2) is 30.9 Å². The van der Waals surface area contributed by atoms with E-state index in [2.05, 4.69) is 11.9 Å². The van der Waals surface area contributed by atoms with Crippen LogP contribution in [-0.2, 0) is 0 Å². The van der Waals surface area contributed by atoms with Crippen LogP contribution < -0.4 is 5.32 Å². The number of hydrogen-bond acceptors (Lipinski definition) is 3. The second-order valence-electron chi connectivity index (χ2n) is 3.43. The molecular weight excluding hydrogens is 192 g/mol. The van der Waals surface area contributed by atoms with Gasteiger partial charge >= 0.3 is 0 Å². The Hall–Kier alpha value is -1.84. The molecule has 0 saturated carbocycles. The molecule has 4 heteroatoms. The van der Waals surface area contributed by atoms with Crippen molar-refractivity contribution in [2.45, 2.75) is 19.9 Å². The van der Waals surface area contributed by atoms with Crippen molar-refractivity contribution >= 4 is 11.4 Å². The van der Waals surface area contributed by atoms with Crippen LogP contribution in [0.25, 0.3) is 0 Å². The van der Waals surface area contributed by atoms with Crippen LogP contribution in [-0.4, -0.2) is 11.0 Å². The van der Waals surface area contributed by atoms with E-state index in [4.69, 9.17) is 0 Å². The Kier molecular flexibility index (Phi) is 3.44. The standard InChI is InChI=1S/C11H14N2O2/c1-4-9(3)12-10-6-5-8(2)11(7-10)13(14)15/h4-7,9,12H,1H2,2-3H3. The van der Waals surface area contributed by atoms with Gasteiger partial charge in [0.15, 0.2) is 0 Å². The zero-order valence-electron chi connectivity index (χ0n) is 8.86. The molecule has 1 N–H and O–H groups in total. The molecule has 1 aromatic carbocycles. The van der Waals surface area contributed by atoms with E-state index in [0.29, 0.717) is 5.56 Å². The van der Waals surface area contributed by atoms with E-state index in [1.165, 1.54) is 6.07 Å². The van der Waals surface area contributed by atoms with Crippen molar-refractivity contribution in [2.75, 3.05) is 5.32 Å². The van der Waals surface area contributed by atoms with Gasteiger partial charge in [-0.15, -0.1) is 6.58 Å². The minimum Gasteiger partial charge on any atom is -0.379 e. The Morgan fingerprint density at radius 1 is 1.60 bits per heavy atom. The number of nitro groups is 1. The molecule has 0 heterocycles. The van der Waals surface area contributed by atoms with Gasteiger partial charge in [-0.1, -0.05) is 12.1 Å². The molecule has 1 rings (SSSR count). The Morgan fingerprint density at radius 2 is 2.27 bits per heavy atom. The fourth-order valence-electron chi connectivity index (χ4n) is 1.22. The topological polar surface area (TPSA) is 55.2 Å². The number of rotatable bonds is 4. The quantitative estimate of drug-likeness (QED) is 0.468. The highest BCUT2D eigenvalue weighted by Crippen LogP contribution is 2.22. The van der Waals surface area contributed by atoms with Crippen molar-refractivity contribution in [3.8, 4) is 0 Å².